The van der Waals surface area contributed by atoms with Crippen molar-refractivity contribution in [2.45, 2.75) is 13.8 Å². The number of alkyl halides is 1. The number of likely N-dealkylation sites (N-methyl/N-ethyl adjacent to an activating group) is 1. The van der Waals surface area contributed by atoms with Crippen LogP contribution < -0.4 is 0 Å². The van der Waals surface area contributed by atoms with Crippen molar-refractivity contribution in [2.24, 2.45) is 0 Å². The van der Waals surface area contributed by atoms with Gasteiger partial charge in [-0.15, -0.1) is 11.6 Å². The molecule has 14 heavy (non-hydrogen) atoms. The lowest BCUT2D eigenvalue weighted by atomic mass is 10.5. The van der Waals surface area contributed by atoms with Gasteiger partial charge in [0.2, 0.25) is 0 Å². The summed E-state index contributed by atoms with van der Waals surface area (Å²) in [7, 11) is 0. The minimum absolute atomic E-state index is 0.574. The normalized spacial score (nSPS) is 11.1. The van der Waals surface area contributed by atoms with Crippen molar-refractivity contribution < 1.29 is 9.47 Å². The average Bonchev–Trinajstić information content (AvgIpc) is 2.22. The van der Waals surface area contributed by atoms with E-state index < -0.39 is 0 Å². The number of hydrogen-bond donors (Lipinski definition) is 0. The van der Waals surface area contributed by atoms with Crippen molar-refractivity contribution in [2.75, 3.05) is 51.9 Å². The minimum Gasteiger partial charge on any atom is -0.380 e. The van der Waals surface area contributed by atoms with Crippen molar-refractivity contribution in [1.29, 1.82) is 0 Å². The molecular weight excluding hydrogens is 202 g/mol. The highest BCUT2D eigenvalue weighted by molar-refractivity contribution is 6.17. The Labute approximate surface area is 92.3 Å². The summed E-state index contributed by atoms with van der Waals surface area (Å²) < 4.78 is 10.6. The second kappa shape index (κ2) is 11.2. The zero-order chi connectivity index (χ0) is 10.6. The lowest BCUT2D eigenvalue weighted by Gasteiger charge is -2.19. The Kier molecular flexibility index (Phi) is 11.4. The first-order chi connectivity index (χ1) is 6.85. The molecule has 0 fully saturated rings. The van der Waals surface area contributed by atoms with Crippen LogP contribution in [-0.2, 0) is 9.47 Å². The van der Waals surface area contributed by atoms with Gasteiger partial charge in [-0.3, -0.25) is 4.90 Å². The van der Waals surface area contributed by atoms with E-state index in [0.717, 1.165) is 39.5 Å². The van der Waals surface area contributed by atoms with E-state index in [-0.39, 0.29) is 0 Å². The molecule has 4 heteroatoms. The van der Waals surface area contributed by atoms with Crippen LogP contribution in [0.5, 0.6) is 0 Å². The molecule has 0 aromatic rings. The number of hydrogen-bond acceptors (Lipinski definition) is 3. The van der Waals surface area contributed by atoms with E-state index in [0.29, 0.717) is 12.5 Å². The largest absolute Gasteiger partial charge is 0.380 e. The predicted octanol–water partition coefficient (Wildman–Crippen LogP) is 1.60. The van der Waals surface area contributed by atoms with Gasteiger partial charge in [-0.25, -0.2) is 0 Å². The molecule has 0 spiro atoms. The molecule has 86 valence electrons. The molecule has 0 bridgehead atoms. The van der Waals surface area contributed by atoms with Gasteiger partial charge in [-0.2, -0.15) is 0 Å². The van der Waals surface area contributed by atoms with Crippen LogP contribution in [0.25, 0.3) is 0 Å². The van der Waals surface area contributed by atoms with Crippen molar-refractivity contribution in [3.8, 4) is 0 Å². The molecule has 0 aliphatic heterocycles. The van der Waals surface area contributed by atoms with Gasteiger partial charge in [0.25, 0.3) is 0 Å². The maximum absolute atomic E-state index is 5.49. The van der Waals surface area contributed by atoms with Gasteiger partial charge >= 0.3 is 0 Å². The van der Waals surface area contributed by atoms with Gasteiger partial charge in [0, 0.05) is 25.6 Å². The molecule has 3 nitrogen and oxygen atoms in total. The fourth-order valence-corrected chi connectivity index (χ4v) is 1.23. The highest BCUT2D eigenvalue weighted by atomic mass is 35.5. The molecule has 0 heterocycles. The molecular formula is C10H22ClNO2. The Morgan fingerprint density at radius 1 is 1.00 bits per heavy atom. The molecule has 0 aliphatic rings. The Bertz CT molecular complexity index is 114. The molecule has 0 N–H and O–H groups in total. The van der Waals surface area contributed by atoms with Crippen LogP contribution in [0.1, 0.15) is 13.8 Å². The summed E-state index contributed by atoms with van der Waals surface area (Å²) in [6, 6.07) is 0. The quantitative estimate of drug-likeness (QED) is 0.415. The summed E-state index contributed by atoms with van der Waals surface area (Å²) in [4.78, 5) is 2.31. The van der Waals surface area contributed by atoms with Gasteiger partial charge < -0.3 is 9.47 Å². The summed E-state index contributed by atoms with van der Waals surface area (Å²) in [5.74, 6) is 0.574. The van der Waals surface area contributed by atoms with Gasteiger partial charge in [0.05, 0.1) is 19.8 Å². The molecule has 0 aromatic heterocycles. The van der Waals surface area contributed by atoms with Crippen LogP contribution in [0.3, 0.4) is 0 Å². The number of nitrogens with zero attached hydrogens (tertiary/aromatic N) is 1. The molecule has 0 unspecified atom stereocenters. The number of halogens is 1. The third-order valence-corrected chi connectivity index (χ3v) is 2.13. The highest BCUT2D eigenvalue weighted by Gasteiger charge is 2.01. The van der Waals surface area contributed by atoms with Crippen molar-refractivity contribution in [1.82, 2.24) is 4.90 Å². The fraction of sp³-hybridized carbons (Fsp3) is 1.00. The highest BCUT2D eigenvalue weighted by Crippen LogP contribution is 1.89. The summed E-state index contributed by atoms with van der Waals surface area (Å²) in [5, 5.41) is 0. The monoisotopic (exact) mass is 223 g/mol. The van der Waals surface area contributed by atoms with Gasteiger partial charge in [-0.1, -0.05) is 6.92 Å². The van der Waals surface area contributed by atoms with E-state index in [1.54, 1.807) is 0 Å². The van der Waals surface area contributed by atoms with E-state index in [1.807, 2.05) is 6.92 Å². The van der Waals surface area contributed by atoms with Crippen LogP contribution in [0.4, 0.5) is 0 Å². The maximum Gasteiger partial charge on any atom is 0.0602 e. The smallest absolute Gasteiger partial charge is 0.0602 e. The van der Waals surface area contributed by atoms with E-state index in [4.69, 9.17) is 21.1 Å². The molecule has 0 radical (unpaired) electrons. The Hall–Kier alpha value is 0.170. The Morgan fingerprint density at radius 2 is 1.64 bits per heavy atom. The Morgan fingerprint density at radius 3 is 2.14 bits per heavy atom. The van der Waals surface area contributed by atoms with Crippen LogP contribution in [0.2, 0.25) is 0 Å². The second-order valence-electron chi connectivity index (χ2n) is 2.93. The van der Waals surface area contributed by atoms with Crippen molar-refractivity contribution >= 4 is 11.6 Å². The molecule has 0 aliphatic carbocycles. The van der Waals surface area contributed by atoms with Crippen molar-refractivity contribution in [3.05, 3.63) is 0 Å². The van der Waals surface area contributed by atoms with Crippen LogP contribution in [-0.4, -0.2) is 56.8 Å². The molecule has 0 aromatic carbocycles. The molecule has 0 rings (SSSR count). The topological polar surface area (TPSA) is 21.7 Å². The maximum atomic E-state index is 5.49. The van der Waals surface area contributed by atoms with Crippen LogP contribution >= 0.6 is 11.6 Å². The standard InChI is InChI=1S/C10H22ClNO2/c1-3-12(6-9-13-4-2)7-10-14-8-5-11/h3-10H2,1-2H3. The second-order valence-corrected chi connectivity index (χ2v) is 3.31. The van der Waals surface area contributed by atoms with E-state index >= 15 is 0 Å². The summed E-state index contributed by atoms with van der Waals surface area (Å²) in [6.45, 7) is 10.1. The third kappa shape index (κ3) is 8.75. The summed E-state index contributed by atoms with van der Waals surface area (Å²) in [6.07, 6.45) is 0. The van der Waals surface area contributed by atoms with E-state index in [1.165, 1.54) is 0 Å². The van der Waals surface area contributed by atoms with E-state index in [9.17, 15) is 0 Å². The summed E-state index contributed by atoms with van der Waals surface area (Å²) >= 11 is 5.49. The summed E-state index contributed by atoms with van der Waals surface area (Å²) in [5.41, 5.74) is 0. The molecule has 0 amide bonds. The molecule has 0 atom stereocenters. The third-order valence-electron chi connectivity index (χ3n) is 1.98. The first-order valence-corrected chi connectivity index (χ1v) is 5.82. The molecule has 0 saturated carbocycles. The predicted molar refractivity (Wildman–Crippen MR) is 60.1 cm³/mol. The zero-order valence-corrected chi connectivity index (χ0v) is 10.1. The van der Waals surface area contributed by atoms with Crippen LogP contribution in [0.15, 0.2) is 0 Å². The van der Waals surface area contributed by atoms with Gasteiger partial charge in [0.15, 0.2) is 0 Å². The average molecular weight is 224 g/mol. The van der Waals surface area contributed by atoms with Crippen LogP contribution in [0, 0.1) is 0 Å². The lowest BCUT2D eigenvalue weighted by molar-refractivity contribution is 0.0857. The zero-order valence-electron chi connectivity index (χ0n) is 9.30. The Balaban J connectivity index is 3.28. The van der Waals surface area contributed by atoms with Crippen molar-refractivity contribution in [3.63, 3.8) is 0 Å². The first kappa shape index (κ1) is 14.2. The van der Waals surface area contributed by atoms with E-state index in [2.05, 4.69) is 11.8 Å². The van der Waals surface area contributed by atoms with Gasteiger partial charge in [-0.05, 0) is 13.5 Å². The fourth-order valence-electron chi connectivity index (χ4n) is 1.12. The first-order valence-electron chi connectivity index (χ1n) is 5.28. The SMILES string of the molecule is CCOCCN(CC)CCOCCCl. The minimum atomic E-state index is 0.574. The van der Waals surface area contributed by atoms with Gasteiger partial charge in [0.1, 0.15) is 0 Å². The lowest BCUT2D eigenvalue weighted by Crippen LogP contribution is -2.31. The number of rotatable bonds is 10. The molecule has 0 saturated heterocycles. The number of ether oxygens (including phenoxy) is 2.